The van der Waals surface area contributed by atoms with E-state index < -0.39 is 0 Å². The van der Waals surface area contributed by atoms with Crippen molar-refractivity contribution in [3.63, 3.8) is 0 Å². The van der Waals surface area contributed by atoms with Gasteiger partial charge in [-0.3, -0.25) is 9.69 Å². The Kier molecular flexibility index (Phi) is 5.36. The maximum absolute atomic E-state index is 13.7. The molecular weight excluding hydrogens is 347 g/mol. The number of nitrogens with one attached hydrogen (secondary N) is 1. The molecule has 6 heteroatoms. The van der Waals surface area contributed by atoms with E-state index in [2.05, 4.69) is 10.2 Å². The van der Waals surface area contributed by atoms with E-state index >= 15 is 0 Å². The average Bonchev–Trinajstić information content (AvgIpc) is 3.17. The number of ether oxygens (including phenoxy) is 2. The molecule has 1 N–H and O–H groups in total. The molecule has 2 aromatic carbocycles. The molecule has 2 aromatic rings. The molecule has 1 amide bonds. The molecule has 0 bridgehead atoms. The van der Waals surface area contributed by atoms with Crippen LogP contribution in [0.1, 0.15) is 27.5 Å². The van der Waals surface area contributed by atoms with Crippen LogP contribution in [0.4, 0.5) is 4.39 Å². The molecule has 1 atom stereocenters. The Bertz CT molecular complexity index is 821. The summed E-state index contributed by atoms with van der Waals surface area (Å²) in [5, 5.41) is 3.02. The molecule has 1 unspecified atom stereocenters. The Morgan fingerprint density at radius 3 is 2.81 bits per heavy atom. The lowest BCUT2D eigenvalue weighted by molar-refractivity contribution is 0.0162. The molecule has 27 heavy (non-hydrogen) atoms. The third-order valence-corrected chi connectivity index (χ3v) is 5.13. The highest BCUT2D eigenvalue weighted by atomic mass is 19.1. The molecule has 1 saturated heterocycles. The van der Waals surface area contributed by atoms with Crippen molar-refractivity contribution in [1.29, 1.82) is 0 Å². The maximum Gasteiger partial charge on any atom is 0.251 e. The van der Waals surface area contributed by atoms with Crippen LogP contribution < -0.4 is 10.1 Å². The first-order valence-corrected chi connectivity index (χ1v) is 9.32. The Balaban J connectivity index is 1.48. The molecule has 2 heterocycles. The van der Waals surface area contributed by atoms with Gasteiger partial charge in [0.1, 0.15) is 11.6 Å². The number of hydrogen-bond acceptors (Lipinski definition) is 4. The number of carbonyl (C=O) groups excluding carboxylic acids is 1. The number of hydrogen-bond donors (Lipinski definition) is 1. The predicted octanol–water partition coefficient (Wildman–Crippen LogP) is 2.56. The maximum atomic E-state index is 13.7. The minimum Gasteiger partial charge on any atom is -0.493 e. The number of morpholine rings is 1. The highest BCUT2D eigenvalue weighted by Crippen LogP contribution is 2.26. The SMILES string of the molecule is O=C(NCC(c1cccc(F)c1)N1CCOCC1)c1ccc2c(c1)CCO2. The molecule has 1 fully saturated rings. The van der Waals surface area contributed by atoms with Crippen LogP contribution >= 0.6 is 0 Å². The normalized spacial score (nSPS) is 17.8. The van der Waals surface area contributed by atoms with E-state index in [0.29, 0.717) is 31.9 Å². The number of fused-ring (bicyclic) bond motifs is 1. The molecule has 4 rings (SSSR count). The average molecular weight is 370 g/mol. The Morgan fingerprint density at radius 1 is 1.15 bits per heavy atom. The molecule has 142 valence electrons. The van der Waals surface area contributed by atoms with Crippen molar-refractivity contribution in [3.8, 4) is 5.75 Å². The zero-order valence-corrected chi connectivity index (χ0v) is 15.1. The summed E-state index contributed by atoms with van der Waals surface area (Å²) in [6.45, 7) is 3.88. The minimum atomic E-state index is -0.268. The standard InChI is InChI=1S/C21H23FN2O3/c22-18-3-1-2-15(13-18)19(24-7-10-26-11-8-24)14-23-21(25)17-4-5-20-16(12-17)6-9-27-20/h1-5,12-13,19H,6-11,14H2,(H,23,25). The topological polar surface area (TPSA) is 50.8 Å². The molecule has 5 nitrogen and oxygen atoms in total. The lowest BCUT2D eigenvalue weighted by atomic mass is 10.0. The van der Waals surface area contributed by atoms with Gasteiger partial charge in [-0.05, 0) is 41.5 Å². The van der Waals surface area contributed by atoms with Gasteiger partial charge >= 0.3 is 0 Å². The second kappa shape index (κ2) is 8.06. The summed E-state index contributed by atoms with van der Waals surface area (Å²) in [4.78, 5) is 14.9. The van der Waals surface area contributed by atoms with Gasteiger partial charge < -0.3 is 14.8 Å². The van der Waals surface area contributed by atoms with Crippen molar-refractivity contribution in [1.82, 2.24) is 10.2 Å². The summed E-state index contributed by atoms with van der Waals surface area (Å²) in [5.74, 6) is 0.465. The summed E-state index contributed by atoms with van der Waals surface area (Å²) in [5.41, 5.74) is 2.55. The van der Waals surface area contributed by atoms with Crippen molar-refractivity contribution in [2.75, 3.05) is 39.5 Å². The molecular formula is C21H23FN2O3. The number of carbonyl (C=O) groups is 1. The summed E-state index contributed by atoms with van der Waals surface area (Å²) in [6.07, 6.45) is 0.830. The van der Waals surface area contributed by atoms with Gasteiger partial charge in [0.15, 0.2) is 0 Å². The van der Waals surface area contributed by atoms with Gasteiger partial charge in [-0.1, -0.05) is 12.1 Å². The molecule has 0 saturated carbocycles. The van der Waals surface area contributed by atoms with Crippen LogP contribution in [0.5, 0.6) is 5.75 Å². The van der Waals surface area contributed by atoms with E-state index in [9.17, 15) is 9.18 Å². The quantitative estimate of drug-likeness (QED) is 0.879. The highest BCUT2D eigenvalue weighted by Gasteiger charge is 2.24. The van der Waals surface area contributed by atoms with Crippen molar-refractivity contribution in [2.24, 2.45) is 0 Å². The van der Waals surface area contributed by atoms with E-state index in [1.54, 1.807) is 18.2 Å². The predicted molar refractivity (Wildman–Crippen MR) is 99.5 cm³/mol. The monoisotopic (exact) mass is 370 g/mol. The Hall–Kier alpha value is -2.44. The van der Waals surface area contributed by atoms with Gasteiger partial charge in [0, 0.05) is 31.6 Å². The van der Waals surface area contributed by atoms with Gasteiger partial charge in [-0.15, -0.1) is 0 Å². The number of rotatable bonds is 5. The van der Waals surface area contributed by atoms with Crippen LogP contribution in [0.2, 0.25) is 0 Å². The smallest absolute Gasteiger partial charge is 0.251 e. The third-order valence-electron chi connectivity index (χ3n) is 5.13. The van der Waals surface area contributed by atoms with Crippen LogP contribution in [0.3, 0.4) is 0 Å². The molecule has 0 radical (unpaired) electrons. The van der Waals surface area contributed by atoms with Crippen LogP contribution in [-0.4, -0.2) is 50.3 Å². The van der Waals surface area contributed by atoms with Gasteiger partial charge in [0.25, 0.3) is 5.91 Å². The van der Waals surface area contributed by atoms with Gasteiger partial charge in [-0.25, -0.2) is 4.39 Å². The molecule has 0 spiro atoms. The van der Waals surface area contributed by atoms with E-state index in [1.807, 2.05) is 18.2 Å². The molecule has 0 aromatic heterocycles. The van der Waals surface area contributed by atoms with Crippen LogP contribution in [0.15, 0.2) is 42.5 Å². The first-order chi connectivity index (χ1) is 13.2. The van der Waals surface area contributed by atoms with E-state index in [4.69, 9.17) is 9.47 Å². The van der Waals surface area contributed by atoms with Gasteiger partial charge in [-0.2, -0.15) is 0 Å². The number of benzene rings is 2. The van der Waals surface area contributed by atoms with Gasteiger partial charge in [0.2, 0.25) is 0 Å². The zero-order chi connectivity index (χ0) is 18.6. The van der Waals surface area contributed by atoms with E-state index in [0.717, 1.165) is 36.4 Å². The zero-order valence-electron chi connectivity index (χ0n) is 15.1. The molecule has 0 aliphatic carbocycles. The minimum absolute atomic E-state index is 0.0914. The van der Waals surface area contributed by atoms with Crippen LogP contribution in [0.25, 0.3) is 0 Å². The number of halogens is 1. The largest absolute Gasteiger partial charge is 0.493 e. The fourth-order valence-corrected chi connectivity index (χ4v) is 3.68. The highest BCUT2D eigenvalue weighted by molar-refractivity contribution is 5.94. The second-order valence-corrected chi connectivity index (χ2v) is 6.85. The number of nitrogens with zero attached hydrogens (tertiary/aromatic N) is 1. The van der Waals surface area contributed by atoms with Gasteiger partial charge in [0.05, 0.1) is 25.9 Å². The fraction of sp³-hybridized carbons (Fsp3) is 0.381. The second-order valence-electron chi connectivity index (χ2n) is 6.85. The summed E-state index contributed by atoms with van der Waals surface area (Å²) >= 11 is 0. The summed E-state index contributed by atoms with van der Waals surface area (Å²) in [7, 11) is 0. The van der Waals surface area contributed by atoms with Crippen LogP contribution in [-0.2, 0) is 11.2 Å². The molecule has 2 aliphatic rings. The summed E-state index contributed by atoms with van der Waals surface area (Å²) < 4.78 is 24.7. The van der Waals surface area contributed by atoms with Crippen molar-refractivity contribution in [2.45, 2.75) is 12.5 Å². The van der Waals surface area contributed by atoms with E-state index in [1.165, 1.54) is 6.07 Å². The third kappa shape index (κ3) is 4.12. The van der Waals surface area contributed by atoms with Crippen molar-refractivity contribution in [3.05, 3.63) is 65.0 Å². The van der Waals surface area contributed by atoms with Crippen molar-refractivity contribution >= 4 is 5.91 Å². The molecule has 2 aliphatic heterocycles. The Morgan fingerprint density at radius 2 is 2.00 bits per heavy atom. The first-order valence-electron chi connectivity index (χ1n) is 9.32. The fourth-order valence-electron chi connectivity index (χ4n) is 3.68. The van der Waals surface area contributed by atoms with E-state index in [-0.39, 0.29) is 17.8 Å². The lowest BCUT2D eigenvalue weighted by Crippen LogP contribution is -2.43. The first kappa shape index (κ1) is 17.9. The van der Waals surface area contributed by atoms with Crippen molar-refractivity contribution < 1.29 is 18.7 Å². The Labute approximate surface area is 158 Å². The van der Waals surface area contributed by atoms with Crippen LogP contribution in [0, 0.1) is 5.82 Å². The lowest BCUT2D eigenvalue weighted by Gasteiger charge is -2.35. The summed E-state index contributed by atoms with van der Waals surface area (Å²) in [6, 6.07) is 12.0. The number of amides is 1.